The van der Waals surface area contributed by atoms with Crippen LogP contribution in [0.1, 0.15) is 21.4 Å². The molecule has 2 heterocycles. The van der Waals surface area contributed by atoms with Crippen molar-refractivity contribution in [3.05, 3.63) is 43.2 Å². The SMILES string of the molecule is Cc1sccc1C(O)c1ccc(Cl)s1. The first-order chi connectivity index (χ1) is 6.68. The van der Waals surface area contributed by atoms with E-state index < -0.39 is 6.10 Å². The van der Waals surface area contributed by atoms with Crippen LogP contribution in [0.4, 0.5) is 0 Å². The Kier molecular flexibility index (Phi) is 2.93. The van der Waals surface area contributed by atoms with E-state index in [0.717, 1.165) is 15.3 Å². The van der Waals surface area contributed by atoms with Crippen molar-refractivity contribution in [2.45, 2.75) is 13.0 Å². The maximum Gasteiger partial charge on any atom is 0.114 e. The maximum atomic E-state index is 10.0. The molecule has 2 aromatic rings. The second-order valence-electron chi connectivity index (χ2n) is 2.98. The second kappa shape index (κ2) is 4.03. The molecule has 74 valence electrons. The third kappa shape index (κ3) is 1.86. The average Bonchev–Trinajstić information content (AvgIpc) is 2.73. The van der Waals surface area contributed by atoms with Gasteiger partial charge in [-0.1, -0.05) is 11.6 Å². The summed E-state index contributed by atoms with van der Waals surface area (Å²) in [4.78, 5) is 2.05. The van der Waals surface area contributed by atoms with Crippen LogP contribution in [0.25, 0.3) is 0 Å². The number of rotatable bonds is 2. The lowest BCUT2D eigenvalue weighted by Gasteiger charge is -2.07. The number of aryl methyl sites for hydroxylation is 1. The van der Waals surface area contributed by atoms with Crippen molar-refractivity contribution in [3.8, 4) is 0 Å². The van der Waals surface area contributed by atoms with E-state index in [2.05, 4.69) is 0 Å². The molecule has 0 amide bonds. The van der Waals surface area contributed by atoms with Crippen molar-refractivity contribution in [1.82, 2.24) is 0 Å². The minimum absolute atomic E-state index is 0.529. The lowest BCUT2D eigenvalue weighted by molar-refractivity contribution is 0.224. The van der Waals surface area contributed by atoms with Gasteiger partial charge >= 0.3 is 0 Å². The third-order valence-corrected chi connectivity index (χ3v) is 4.20. The van der Waals surface area contributed by atoms with Gasteiger partial charge in [-0.05, 0) is 36.1 Å². The molecule has 1 N–H and O–H groups in total. The van der Waals surface area contributed by atoms with E-state index >= 15 is 0 Å². The molecule has 14 heavy (non-hydrogen) atoms. The average molecular weight is 245 g/mol. The van der Waals surface area contributed by atoms with Crippen molar-refractivity contribution in [1.29, 1.82) is 0 Å². The van der Waals surface area contributed by atoms with Crippen LogP contribution >= 0.6 is 34.3 Å². The minimum Gasteiger partial charge on any atom is -0.383 e. The van der Waals surface area contributed by atoms with Crippen molar-refractivity contribution in [3.63, 3.8) is 0 Å². The van der Waals surface area contributed by atoms with E-state index in [1.165, 1.54) is 11.3 Å². The molecular weight excluding hydrogens is 236 g/mol. The molecule has 0 spiro atoms. The summed E-state index contributed by atoms with van der Waals surface area (Å²) in [6, 6.07) is 5.64. The van der Waals surface area contributed by atoms with Crippen LogP contribution in [-0.4, -0.2) is 5.11 Å². The fraction of sp³-hybridized carbons (Fsp3) is 0.200. The first-order valence-corrected chi connectivity index (χ1v) is 6.23. The zero-order valence-electron chi connectivity index (χ0n) is 7.53. The Morgan fingerprint density at radius 3 is 2.64 bits per heavy atom. The highest BCUT2D eigenvalue weighted by Crippen LogP contribution is 2.33. The Bertz CT molecular complexity index is 433. The van der Waals surface area contributed by atoms with E-state index in [0.29, 0.717) is 4.34 Å². The van der Waals surface area contributed by atoms with Gasteiger partial charge in [0, 0.05) is 9.75 Å². The van der Waals surface area contributed by atoms with Crippen LogP contribution in [0.3, 0.4) is 0 Å². The van der Waals surface area contributed by atoms with E-state index in [1.807, 2.05) is 30.5 Å². The fourth-order valence-electron chi connectivity index (χ4n) is 1.31. The Morgan fingerprint density at radius 2 is 2.14 bits per heavy atom. The Labute approximate surface area is 95.6 Å². The molecule has 2 rings (SSSR count). The summed E-state index contributed by atoms with van der Waals surface area (Å²) >= 11 is 8.88. The summed E-state index contributed by atoms with van der Waals surface area (Å²) in [5.74, 6) is 0. The number of halogens is 1. The van der Waals surface area contributed by atoms with Gasteiger partial charge in [0.15, 0.2) is 0 Å². The highest BCUT2D eigenvalue weighted by atomic mass is 35.5. The predicted octanol–water partition coefficient (Wildman–Crippen LogP) is 3.85. The molecule has 0 radical (unpaired) electrons. The van der Waals surface area contributed by atoms with Gasteiger partial charge in [-0.3, -0.25) is 0 Å². The third-order valence-electron chi connectivity index (χ3n) is 2.06. The summed E-state index contributed by atoms with van der Waals surface area (Å²) in [5.41, 5.74) is 0.980. The molecule has 0 aliphatic carbocycles. The van der Waals surface area contributed by atoms with E-state index in [4.69, 9.17) is 11.6 Å². The molecular formula is C10H9ClOS2. The number of thiophene rings is 2. The van der Waals surface area contributed by atoms with Crippen LogP contribution in [0.5, 0.6) is 0 Å². The van der Waals surface area contributed by atoms with E-state index in [-0.39, 0.29) is 0 Å². The van der Waals surface area contributed by atoms with Gasteiger partial charge in [0.25, 0.3) is 0 Å². The lowest BCUT2D eigenvalue weighted by Crippen LogP contribution is -1.96. The Hall–Kier alpha value is -0.350. The fourth-order valence-corrected chi connectivity index (χ4v) is 3.11. The second-order valence-corrected chi connectivity index (χ2v) is 5.84. The molecule has 0 saturated carbocycles. The molecule has 0 aliphatic rings. The topological polar surface area (TPSA) is 20.2 Å². The van der Waals surface area contributed by atoms with Crippen LogP contribution < -0.4 is 0 Å². The summed E-state index contributed by atoms with van der Waals surface area (Å²) in [6.07, 6.45) is -0.529. The number of hydrogen-bond donors (Lipinski definition) is 1. The zero-order chi connectivity index (χ0) is 10.1. The van der Waals surface area contributed by atoms with E-state index in [1.54, 1.807) is 11.3 Å². The lowest BCUT2D eigenvalue weighted by atomic mass is 10.1. The molecule has 0 aromatic carbocycles. The first-order valence-electron chi connectivity index (χ1n) is 4.16. The maximum absolute atomic E-state index is 10.0. The highest BCUT2D eigenvalue weighted by Gasteiger charge is 2.15. The minimum atomic E-state index is -0.529. The number of aliphatic hydroxyl groups excluding tert-OH is 1. The quantitative estimate of drug-likeness (QED) is 0.851. The monoisotopic (exact) mass is 244 g/mol. The van der Waals surface area contributed by atoms with Gasteiger partial charge in [-0.25, -0.2) is 0 Å². The predicted molar refractivity (Wildman–Crippen MR) is 62.4 cm³/mol. The summed E-state index contributed by atoms with van der Waals surface area (Å²) in [5, 5.41) is 12.0. The van der Waals surface area contributed by atoms with E-state index in [9.17, 15) is 5.11 Å². The van der Waals surface area contributed by atoms with Crippen molar-refractivity contribution in [2.75, 3.05) is 0 Å². The van der Waals surface area contributed by atoms with Crippen LogP contribution in [0.15, 0.2) is 23.6 Å². The molecule has 4 heteroatoms. The van der Waals surface area contributed by atoms with Gasteiger partial charge in [-0.15, -0.1) is 22.7 Å². The molecule has 0 fully saturated rings. The summed E-state index contributed by atoms with van der Waals surface area (Å²) in [6.45, 7) is 2.01. The molecule has 1 atom stereocenters. The summed E-state index contributed by atoms with van der Waals surface area (Å²) < 4.78 is 0.715. The standard InChI is InChI=1S/C10H9ClOS2/c1-6-7(4-5-13-6)10(12)8-2-3-9(11)14-8/h2-5,10,12H,1H3. The Balaban J connectivity index is 2.33. The molecule has 1 unspecified atom stereocenters. The van der Waals surface area contributed by atoms with Gasteiger partial charge in [0.2, 0.25) is 0 Å². The van der Waals surface area contributed by atoms with Crippen molar-refractivity contribution in [2.24, 2.45) is 0 Å². The van der Waals surface area contributed by atoms with Crippen LogP contribution in [-0.2, 0) is 0 Å². The molecule has 0 bridgehead atoms. The smallest absolute Gasteiger partial charge is 0.114 e. The van der Waals surface area contributed by atoms with Crippen LogP contribution in [0, 0.1) is 6.92 Å². The largest absolute Gasteiger partial charge is 0.383 e. The normalized spacial score (nSPS) is 13.1. The van der Waals surface area contributed by atoms with Crippen molar-refractivity contribution < 1.29 is 5.11 Å². The molecule has 0 saturated heterocycles. The summed E-state index contributed by atoms with van der Waals surface area (Å²) in [7, 11) is 0. The van der Waals surface area contributed by atoms with Crippen molar-refractivity contribution >= 4 is 34.3 Å². The van der Waals surface area contributed by atoms with Gasteiger partial charge in [0.1, 0.15) is 6.10 Å². The van der Waals surface area contributed by atoms with Gasteiger partial charge in [0.05, 0.1) is 4.34 Å². The molecule has 2 aromatic heterocycles. The molecule has 0 aliphatic heterocycles. The highest BCUT2D eigenvalue weighted by molar-refractivity contribution is 7.16. The Morgan fingerprint density at radius 1 is 1.36 bits per heavy atom. The molecule has 1 nitrogen and oxygen atoms in total. The van der Waals surface area contributed by atoms with Crippen LogP contribution in [0.2, 0.25) is 4.34 Å². The zero-order valence-corrected chi connectivity index (χ0v) is 9.92. The van der Waals surface area contributed by atoms with Gasteiger partial charge < -0.3 is 5.11 Å². The first kappa shape index (κ1) is 10.2. The number of aliphatic hydroxyl groups is 1. The number of hydrogen-bond acceptors (Lipinski definition) is 3. The van der Waals surface area contributed by atoms with Gasteiger partial charge in [-0.2, -0.15) is 0 Å².